The van der Waals surface area contributed by atoms with Crippen molar-refractivity contribution < 1.29 is 47.9 Å². The zero-order valence-electron chi connectivity index (χ0n) is 45.4. The SMILES string of the molecule is CCCCCCN1CC(=O)N[C@@H](Cc2c[nH]c3ccccc23)C(=O)N2CCC[C@H]2C(=O)N[C@H](C(N)=O)CSCC(=O)N[C@@H](Cc2ccccc2)C(=O)N[C@@H](Cc2ccc(C(N)=O)cc2)C(=O)N[C@@H](CCCN=C(N)N)C(=O)NCC1=O. The Morgan fingerprint density at radius 3 is 2.04 bits per heavy atom. The van der Waals surface area contributed by atoms with Crippen LogP contribution >= 0.6 is 11.8 Å². The number of benzene rings is 3. The molecule has 0 radical (unpaired) electrons. The van der Waals surface area contributed by atoms with Crippen LogP contribution in [0.25, 0.3) is 10.9 Å². The number of nitrogens with two attached hydrogens (primary N) is 4. The highest BCUT2D eigenvalue weighted by Crippen LogP contribution is 2.24. The molecule has 6 atom stereocenters. The lowest BCUT2D eigenvalue weighted by Crippen LogP contribution is -2.58. The van der Waals surface area contributed by atoms with Gasteiger partial charge in [0.1, 0.15) is 36.3 Å². The van der Waals surface area contributed by atoms with Crippen LogP contribution in [0.2, 0.25) is 0 Å². The molecule has 0 bridgehead atoms. The summed E-state index contributed by atoms with van der Waals surface area (Å²) in [5.74, 6) is -7.93. The Kier molecular flexibility index (Phi) is 23.4. The van der Waals surface area contributed by atoms with E-state index in [2.05, 4.69) is 41.9 Å². The maximum absolute atomic E-state index is 14.8. The van der Waals surface area contributed by atoms with Crippen LogP contribution in [0.5, 0.6) is 0 Å². The van der Waals surface area contributed by atoms with Crippen LogP contribution in [0.4, 0.5) is 0 Å². The summed E-state index contributed by atoms with van der Waals surface area (Å²) in [4.78, 5) is 149. The van der Waals surface area contributed by atoms with Gasteiger partial charge >= 0.3 is 0 Å². The molecule has 24 nitrogen and oxygen atoms in total. The number of amides is 10. The number of guanidine groups is 1. The van der Waals surface area contributed by atoms with Crippen molar-refractivity contribution in [1.82, 2.24) is 46.7 Å². The highest BCUT2D eigenvalue weighted by molar-refractivity contribution is 8.00. The molecule has 25 heteroatoms. The molecular formula is C56H74N14O10S. The number of carbonyl (C=O) groups is 10. The molecule has 1 aromatic heterocycles. The molecule has 0 saturated carbocycles. The third kappa shape index (κ3) is 18.8. The first-order valence-corrected chi connectivity index (χ1v) is 28.3. The smallest absolute Gasteiger partial charge is 0.248 e. The Bertz CT molecular complexity index is 2900. The first-order chi connectivity index (χ1) is 38.9. The van der Waals surface area contributed by atoms with Gasteiger partial charge in [0.15, 0.2) is 5.96 Å². The summed E-state index contributed by atoms with van der Waals surface area (Å²) in [6.07, 6.45) is 5.23. The van der Waals surface area contributed by atoms with Crippen molar-refractivity contribution in [2.75, 3.05) is 44.2 Å². The van der Waals surface area contributed by atoms with E-state index in [9.17, 15) is 47.9 Å². The van der Waals surface area contributed by atoms with Gasteiger partial charge in [-0.1, -0.05) is 86.8 Å². The fraction of sp³-hybridized carbons (Fsp3) is 0.446. The highest BCUT2D eigenvalue weighted by Gasteiger charge is 2.40. The van der Waals surface area contributed by atoms with Gasteiger partial charge in [-0.2, -0.15) is 0 Å². The average molecular weight is 1140 g/mol. The van der Waals surface area contributed by atoms with Crippen molar-refractivity contribution in [3.8, 4) is 0 Å². The standard InChI is InChI=1S/C56H74N14O10S/c1-2-3-4-10-24-69-31-46(71)65-43(28-37-29-62-39-16-9-8-15-38(37)39)55(80)70-25-12-18-45(70)54(79)68-44(50(58)75)32-81-33-47(72)64-41(26-34-13-6-5-7-14-34)52(77)67-42(27-35-19-21-36(22-20-35)49(57)74)53(78)66-40(17-11-23-61-56(59)60)51(76)63-30-48(69)73/h5-9,13-16,19-22,29,40-45,62H,2-4,10-12,17-18,23-28,30-33H2,1H3,(H2,57,74)(H2,58,75)(H,63,76)(H,64,72)(H,65,71)(H,66,78)(H,67,77)(H,68,79)(H4,59,60,61)/t40-,41-,42-,43-,44-,45-/m0/s1. The number of H-pyrrole nitrogens is 1. The number of nitrogens with zero attached hydrogens (tertiary/aromatic N) is 3. The number of rotatable bonds is 17. The van der Waals surface area contributed by atoms with Crippen molar-refractivity contribution in [3.63, 3.8) is 0 Å². The molecule has 0 spiro atoms. The number of aromatic nitrogens is 1. The normalized spacial score (nSPS) is 21.6. The summed E-state index contributed by atoms with van der Waals surface area (Å²) in [6, 6.07) is 14.5. The van der Waals surface area contributed by atoms with E-state index in [0.29, 0.717) is 29.5 Å². The minimum Gasteiger partial charge on any atom is -0.370 e. The quantitative estimate of drug-likeness (QED) is 0.0362. The zero-order chi connectivity index (χ0) is 58.4. The lowest BCUT2D eigenvalue weighted by molar-refractivity contribution is -0.142. The fourth-order valence-corrected chi connectivity index (χ4v) is 10.5. The lowest BCUT2D eigenvalue weighted by Gasteiger charge is -2.30. The van der Waals surface area contributed by atoms with E-state index in [1.807, 2.05) is 31.2 Å². The molecule has 2 saturated heterocycles. The van der Waals surface area contributed by atoms with Gasteiger partial charge in [-0.25, -0.2) is 0 Å². The summed E-state index contributed by atoms with van der Waals surface area (Å²) in [6.45, 7) is 1.22. The second-order valence-corrected chi connectivity index (χ2v) is 21.1. The molecule has 10 amide bonds. The molecule has 81 heavy (non-hydrogen) atoms. The van der Waals surface area contributed by atoms with Crippen LogP contribution in [0, 0.1) is 0 Å². The number of primary amides is 2. The second-order valence-electron chi connectivity index (χ2n) is 20.1. The topological polar surface area (TPSA) is 382 Å². The summed E-state index contributed by atoms with van der Waals surface area (Å²) in [5.41, 5.74) is 25.2. The van der Waals surface area contributed by atoms with Crippen molar-refractivity contribution in [1.29, 1.82) is 0 Å². The monoisotopic (exact) mass is 1130 g/mol. The number of carbonyl (C=O) groups excluding carboxylic acids is 10. The number of aliphatic imine (C=N–C) groups is 1. The number of hydrogen-bond donors (Lipinski definition) is 11. The molecule has 6 rings (SSSR count). The number of thioether (sulfide) groups is 1. The number of nitrogens with one attached hydrogen (secondary N) is 7. The van der Waals surface area contributed by atoms with Crippen LogP contribution in [-0.2, 0) is 62.4 Å². The van der Waals surface area contributed by atoms with E-state index in [0.717, 1.165) is 41.9 Å². The van der Waals surface area contributed by atoms with Gasteiger partial charge in [-0.05, 0) is 67.0 Å². The van der Waals surface area contributed by atoms with Crippen molar-refractivity contribution in [2.24, 2.45) is 27.9 Å². The fourth-order valence-electron chi connectivity index (χ4n) is 9.65. The highest BCUT2D eigenvalue weighted by atomic mass is 32.2. The summed E-state index contributed by atoms with van der Waals surface area (Å²) >= 11 is 0.951. The third-order valence-corrected chi connectivity index (χ3v) is 15.0. The molecule has 434 valence electrons. The predicted octanol–water partition coefficient (Wildman–Crippen LogP) is -0.479. The van der Waals surface area contributed by atoms with Crippen LogP contribution in [0.15, 0.2) is 90.1 Å². The van der Waals surface area contributed by atoms with Crippen molar-refractivity contribution in [3.05, 3.63) is 107 Å². The lowest BCUT2D eigenvalue weighted by atomic mass is 10.0. The first-order valence-electron chi connectivity index (χ1n) is 27.2. The van der Waals surface area contributed by atoms with Gasteiger partial charge in [0, 0.05) is 67.3 Å². The Labute approximate surface area is 473 Å². The molecule has 0 aliphatic carbocycles. The number of aromatic amines is 1. The van der Waals surface area contributed by atoms with E-state index < -0.39 is 108 Å². The molecule has 2 aliphatic rings. The largest absolute Gasteiger partial charge is 0.370 e. The molecule has 15 N–H and O–H groups in total. The van der Waals surface area contributed by atoms with E-state index in [4.69, 9.17) is 22.9 Å². The number of fused-ring (bicyclic) bond motifs is 2. The molecule has 3 aromatic carbocycles. The van der Waals surface area contributed by atoms with Crippen LogP contribution < -0.4 is 54.8 Å². The van der Waals surface area contributed by atoms with Gasteiger partial charge in [-0.15, -0.1) is 11.8 Å². The maximum Gasteiger partial charge on any atom is 0.248 e. The molecule has 3 heterocycles. The van der Waals surface area contributed by atoms with E-state index in [1.165, 1.54) is 21.9 Å². The number of para-hydroxylation sites is 1. The Morgan fingerprint density at radius 1 is 0.679 bits per heavy atom. The predicted molar refractivity (Wildman–Crippen MR) is 305 cm³/mol. The van der Waals surface area contributed by atoms with Gasteiger partial charge < -0.3 is 69.6 Å². The zero-order valence-corrected chi connectivity index (χ0v) is 46.2. The Morgan fingerprint density at radius 2 is 1.35 bits per heavy atom. The summed E-state index contributed by atoms with van der Waals surface area (Å²) < 4.78 is 0. The molecular weight excluding hydrogens is 1060 g/mol. The third-order valence-electron chi connectivity index (χ3n) is 14.0. The number of unbranched alkanes of at least 4 members (excludes halogenated alkanes) is 3. The minimum absolute atomic E-state index is 0.00537. The van der Waals surface area contributed by atoms with E-state index >= 15 is 0 Å². The van der Waals surface area contributed by atoms with E-state index in [1.54, 1.807) is 48.7 Å². The number of hydrogen-bond acceptors (Lipinski definition) is 12. The van der Waals surface area contributed by atoms with Gasteiger partial charge in [-0.3, -0.25) is 52.9 Å². The van der Waals surface area contributed by atoms with E-state index in [-0.39, 0.29) is 81.2 Å². The summed E-state index contributed by atoms with van der Waals surface area (Å²) in [7, 11) is 0. The van der Waals surface area contributed by atoms with Gasteiger partial charge in [0.2, 0.25) is 59.1 Å². The van der Waals surface area contributed by atoms with Crippen molar-refractivity contribution >= 4 is 87.7 Å². The van der Waals surface area contributed by atoms with Gasteiger partial charge in [0.25, 0.3) is 0 Å². The second kappa shape index (κ2) is 30.8. The maximum atomic E-state index is 14.8. The average Bonchev–Trinajstić information content (AvgIpc) is 4.17. The Hall–Kier alpha value is -8.48. The van der Waals surface area contributed by atoms with Crippen LogP contribution in [-0.4, -0.2) is 160 Å². The van der Waals surface area contributed by atoms with Gasteiger partial charge in [0.05, 0.1) is 18.8 Å². The van der Waals surface area contributed by atoms with Crippen LogP contribution in [0.3, 0.4) is 0 Å². The first kappa shape index (κ1) is 61.7. The molecule has 0 unspecified atom stereocenters. The van der Waals surface area contributed by atoms with Crippen LogP contribution in [0.1, 0.15) is 85.3 Å². The molecule has 2 fully saturated rings. The Balaban J connectivity index is 1.36. The van der Waals surface area contributed by atoms with Crippen molar-refractivity contribution in [2.45, 2.75) is 114 Å². The summed E-state index contributed by atoms with van der Waals surface area (Å²) in [5, 5.41) is 17.2. The molecule has 4 aromatic rings. The molecule has 2 aliphatic heterocycles. The minimum atomic E-state index is -1.42.